The highest BCUT2D eigenvalue weighted by Gasteiger charge is 2.21. The van der Waals surface area contributed by atoms with Crippen LogP contribution in [0.15, 0.2) is 22.7 Å². The second-order valence-electron chi connectivity index (χ2n) is 4.81. The molecule has 0 saturated carbocycles. The monoisotopic (exact) mass is 303 g/mol. The van der Waals surface area contributed by atoms with Crippen LogP contribution in [0.5, 0.6) is 0 Å². The molecule has 1 unspecified atom stereocenters. The van der Waals surface area contributed by atoms with Gasteiger partial charge in [0, 0.05) is 17.6 Å². The third-order valence-corrected chi connectivity index (χ3v) is 3.36. The van der Waals surface area contributed by atoms with Crippen LogP contribution in [0.4, 0.5) is 10.1 Å². The van der Waals surface area contributed by atoms with Gasteiger partial charge in [-0.05, 0) is 55.3 Å². The molecule has 1 atom stereocenters. The Morgan fingerprint density at radius 2 is 2.12 bits per heavy atom. The molecule has 0 aliphatic carbocycles. The van der Waals surface area contributed by atoms with Crippen molar-refractivity contribution in [1.29, 1.82) is 0 Å². The first-order valence-corrected chi connectivity index (χ1v) is 6.41. The molecule has 96 valence electrons. The molecule has 0 saturated heterocycles. The predicted molar refractivity (Wildman–Crippen MR) is 72.9 cm³/mol. The van der Waals surface area contributed by atoms with E-state index in [1.54, 1.807) is 13.2 Å². The number of nitrogens with one attached hydrogen (secondary N) is 1. The van der Waals surface area contributed by atoms with Gasteiger partial charge in [0.05, 0.1) is 11.3 Å². The summed E-state index contributed by atoms with van der Waals surface area (Å²) < 4.78 is 19.7. The molecule has 0 bridgehead atoms. The normalized spacial score (nSPS) is 13.5. The second-order valence-corrected chi connectivity index (χ2v) is 5.66. The van der Waals surface area contributed by atoms with Crippen molar-refractivity contribution in [1.82, 2.24) is 0 Å². The molecule has 1 aromatic rings. The number of halogens is 2. The fourth-order valence-electron chi connectivity index (χ4n) is 1.75. The summed E-state index contributed by atoms with van der Waals surface area (Å²) in [4.78, 5) is 0. The van der Waals surface area contributed by atoms with Gasteiger partial charge in [-0.3, -0.25) is 0 Å². The zero-order valence-electron chi connectivity index (χ0n) is 10.7. The summed E-state index contributed by atoms with van der Waals surface area (Å²) in [6.45, 7) is 6.04. The first-order valence-electron chi connectivity index (χ1n) is 5.61. The van der Waals surface area contributed by atoms with Gasteiger partial charge >= 0.3 is 0 Å². The number of benzene rings is 1. The summed E-state index contributed by atoms with van der Waals surface area (Å²) >= 11 is 3.34. The first kappa shape index (κ1) is 14.5. The summed E-state index contributed by atoms with van der Waals surface area (Å²) in [7, 11) is 1.69. The maximum atomic E-state index is 13.6. The molecule has 4 heteroatoms. The predicted octanol–water partition coefficient (Wildman–Crippen LogP) is 4.20. The van der Waals surface area contributed by atoms with E-state index in [2.05, 4.69) is 21.2 Å². The molecule has 0 aliphatic heterocycles. The van der Waals surface area contributed by atoms with E-state index in [9.17, 15) is 4.39 Å². The SMILES string of the molecule is COC(C)(C)CC(C)Nc1c(F)cccc1Br. The average molecular weight is 304 g/mol. The highest BCUT2D eigenvalue weighted by Crippen LogP contribution is 2.27. The van der Waals surface area contributed by atoms with E-state index >= 15 is 0 Å². The van der Waals surface area contributed by atoms with Gasteiger partial charge in [0.15, 0.2) is 0 Å². The fraction of sp³-hybridized carbons (Fsp3) is 0.538. The molecule has 17 heavy (non-hydrogen) atoms. The van der Waals surface area contributed by atoms with Crippen molar-refractivity contribution >= 4 is 21.6 Å². The van der Waals surface area contributed by atoms with Crippen LogP contribution in [-0.2, 0) is 4.74 Å². The van der Waals surface area contributed by atoms with Gasteiger partial charge in [0.1, 0.15) is 5.82 Å². The molecule has 0 radical (unpaired) electrons. The summed E-state index contributed by atoms with van der Waals surface area (Å²) in [6.07, 6.45) is 0.796. The van der Waals surface area contributed by atoms with Crippen molar-refractivity contribution in [2.24, 2.45) is 0 Å². The minimum Gasteiger partial charge on any atom is -0.379 e. The lowest BCUT2D eigenvalue weighted by atomic mass is 9.99. The van der Waals surface area contributed by atoms with Gasteiger partial charge in [0.2, 0.25) is 0 Å². The molecule has 1 rings (SSSR count). The van der Waals surface area contributed by atoms with Gasteiger partial charge in [-0.2, -0.15) is 0 Å². The lowest BCUT2D eigenvalue weighted by Crippen LogP contribution is -2.31. The Hall–Kier alpha value is -0.610. The van der Waals surface area contributed by atoms with Crippen LogP contribution in [0.2, 0.25) is 0 Å². The molecule has 0 aliphatic rings. The molecule has 0 heterocycles. The van der Waals surface area contributed by atoms with E-state index in [4.69, 9.17) is 4.74 Å². The van der Waals surface area contributed by atoms with Crippen LogP contribution in [0.3, 0.4) is 0 Å². The largest absolute Gasteiger partial charge is 0.379 e. The molecule has 0 spiro atoms. The van der Waals surface area contributed by atoms with E-state index in [0.29, 0.717) is 5.69 Å². The summed E-state index contributed by atoms with van der Waals surface area (Å²) in [5, 5.41) is 3.17. The van der Waals surface area contributed by atoms with Crippen molar-refractivity contribution in [3.63, 3.8) is 0 Å². The third-order valence-electron chi connectivity index (χ3n) is 2.70. The molecule has 1 N–H and O–H groups in total. The van der Waals surface area contributed by atoms with Crippen molar-refractivity contribution in [3.05, 3.63) is 28.5 Å². The second kappa shape index (κ2) is 5.83. The number of para-hydroxylation sites is 1. The topological polar surface area (TPSA) is 21.3 Å². The molecule has 0 amide bonds. The number of hydrogen-bond acceptors (Lipinski definition) is 2. The summed E-state index contributed by atoms with van der Waals surface area (Å²) in [5.41, 5.74) is 0.288. The maximum absolute atomic E-state index is 13.6. The molecular formula is C13H19BrFNO. The van der Waals surface area contributed by atoms with E-state index in [1.807, 2.05) is 26.8 Å². The average Bonchev–Trinajstić information content (AvgIpc) is 2.23. The lowest BCUT2D eigenvalue weighted by Gasteiger charge is -2.28. The Kier molecular flexibility index (Phi) is 4.95. The third kappa shape index (κ3) is 4.28. The smallest absolute Gasteiger partial charge is 0.147 e. The van der Waals surface area contributed by atoms with Crippen molar-refractivity contribution in [2.75, 3.05) is 12.4 Å². The summed E-state index contributed by atoms with van der Waals surface area (Å²) in [5.74, 6) is -0.249. The first-order chi connectivity index (χ1) is 7.85. The van der Waals surface area contributed by atoms with Gasteiger partial charge in [0.25, 0.3) is 0 Å². The molecule has 0 aromatic heterocycles. The highest BCUT2D eigenvalue weighted by molar-refractivity contribution is 9.10. The Labute approximate surface area is 111 Å². The zero-order valence-corrected chi connectivity index (χ0v) is 12.3. The van der Waals surface area contributed by atoms with Gasteiger partial charge in [-0.25, -0.2) is 4.39 Å². The van der Waals surface area contributed by atoms with E-state index in [0.717, 1.165) is 10.9 Å². The molecule has 1 aromatic carbocycles. The Bertz CT molecular complexity index is 361. The standard InChI is InChI=1S/C13H19BrFNO/c1-9(8-13(2,3)17-4)16-12-10(14)6-5-7-11(12)15/h5-7,9,16H,8H2,1-4H3. The minimum absolute atomic E-state index is 0.123. The number of rotatable bonds is 5. The quantitative estimate of drug-likeness (QED) is 0.880. The summed E-state index contributed by atoms with van der Waals surface area (Å²) in [6, 6.07) is 5.06. The molecule has 0 fully saturated rings. The van der Waals surface area contributed by atoms with Crippen molar-refractivity contribution in [3.8, 4) is 0 Å². The zero-order chi connectivity index (χ0) is 13.1. The van der Waals surface area contributed by atoms with Crippen LogP contribution in [0.25, 0.3) is 0 Å². The number of hydrogen-bond donors (Lipinski definition) is 1. The number of ether oxygens (including phenoxy) is 1. The Balaban J connectivity index is 2.72. The van der Waals surface area contributed by atoms with Gasteiger partial charge in [-0.15, -0.1) is 0 Å². The van der Waals surface area contributed by atoms with Crippen molar-refractivity contribution in [2.45, 2.75) is 38.8 Å². The number of methoxy groups -OCH3 is 1. The van der Waals surface area contributed by atoms with Gasteiger partial charge < -0.3 is 10.1 Å². The van der Waals surface area contributed by atoms with Crippen LogP contribution < -0.4 is 5.32 Å². The van der Waals surface area contributed by atoms with E-state index in [1.165, 1.54) is 6.07 Å². The van der Waals surface area contributed by atoms with Crippen LogP contribution in [0, 0.1) is 5.82 Å². The van der Waals surface area contributed by atoms with E-state index in [-0.39, 0.29) is 17.5 Å². The molecular weight excluding hydrogens is 285 g/mol. The van der Waals surface area contributed by atoms with Crippen LogP contribution >= 0.6 is 15.9 Å². The fourth-order valence-corrected chi connectivity index (χ4v) is 2.21. The van der Waals surface area contributed by atoms with Gasteiger partial charge in [-0.1, -0.05) is 6.07 Å². The Morgan fingerprint density at radius 3 is 2.65 bits per heavy atom. The molecule has 2 nitrogen and oxygen atoms in total. The van der Waals surface area contributed by atoms with Crippen LogP contribution in [-0.4, -0.2) is 18.8 Å². The number of anilines is 1. The van der Waals surface area contributed by atoms with E-state index < -0.39 is 0 Å². The van der Waals surface area contributed by atoms with Crippen LogP contribution in [0.1, 0.15) is 27.2 Å². The maximum Gasteiger partial charge on any atom is 0.147 e. The highest BCUT2D eigenvalue weighted by atomic mass is 79.9. The lowest BCUT2D eigenvalue weighted by molar-refractivity contribution is 0.0127. The minimum atomic E-state index is -0.249. The Morgan fingerprint density at radius 1 is 1.47 bits per heavy atom. The van der Waals surface area contributed by atoms with Crippen molar-refractivity contribution < 1.29 is 9.13 Å².